The van der Waals surface area contributed by atoms with Crippen LogP contribution >= 0.6 is 15.9 Å². The lowest BCUT2D eigenvalue weighted by molar-refractivity contribution is -0.143. The highest BCUT2D eigenvalue weighted by Gasteiger charge is 2.15. The monoisotopic (exact) mass is 456 g/mol. The Balaban J connectivity index is 2.72. The number of halogens is 1. The van der Waals surface area contributed by atoms with Gasteiger partial charge >= 0.3 is 11.9 Å². The predicted octanol–water partition coefficient (Wildman–Crippen LogP) is 5.01. The predicted molar refractivity (Wildman–Crippen MR) is 114 cm³/mol. The Morgan fingerprint density at radius 3 is 2.36 bits per heavy atom. The van der Waals surface area contributed by atoms with E-state index in [1.54, 1.807) is 13.8 Å². The molecule has 28 heavy (non-hydrogen) atoms. The summed E-state index contributed by atoms with van der Waals surface area (Å²) in [6.45, 7) is 4.76. The fourth-order valence-corrected chi connectivity index (χ4v) is 3.33. The first-order chi connectivity index (χ1) is 13.6. The topological polar surface area (TPSA) is 61.8 Å². The van der Waals surface area contributed by atoms with Crippen LogP contribution in [0.25, 0.3) is 0 Å². The largest absolute Gasteiger partial charge is 0.493 e. The minimum atomic E-state index is -0.245. The van der Waals surface area contributed by atoms with Crippen molar-refractivity contribution in [3.63, 3.8) is 0 Å². The average molecular weight is 457 g/mol. The van der Waals surface area contributed by atoms with Crippen LogP contribution < -0.4 is 4.74 Å². The molecule has 0 aromatic heterocycles. The highest BCUT2D eigenvalue weighted by Crippen LogP contribution is 2.26. The quantitative estimate of drug-likeness (QED) is 0.211. The molecule has 0 saturated heterocycles. The first-order valence-electron chi connectivity index (χ1n) is 10.2. The van der Waals surface area contributed by atoms with E-state index in [-0.39, 0.29) is 18.4 Å². The van der Waals surface area contributed by atoms with Crippen LogP contribution in [0.4, 0.5) is 0 Å². The van der Waals surface area contributed by atoms with Gasteiger partial charge in [0.25, 0.3) is 0 Å². The molecule has 0 spiro atoms. The molecule has 1 aromatic rings. The van der Waals surface area contributed by atoms with E-state index in [1.165, 1.54) is 12.8 Å². The van der Waals surface area contributed by atoms with Crippen molar-refractivity contribution in [3.8, 4) is 5.75 Å². The van der Waals surface area contributed by atoms with Crippen LogP contribution in [0, 0.1) is 0 Å². The molecule has 0 heterocycles. The van der Waals surface area contributed by atoms with E-state index in [9.17, 15) is 9.59 Å². The normalized spacial score (nSPS) is 10.5. The van der Waals surface area contributed by atoms with Gasteiger partial charge in [0, 0.05) is 17.3 Å². The number of hydrogen-bond acceptors (Lipinski definition) is 5. The maximum absolute atomic E-state index is 12.1. The lowest BCUT2D eigenvalue weighted by Gasteiger charge is -2.15. The number of carbonyl (C=O) groups excluding carboxylic acids is 2. The minimum Gasteiger partial charge on any atom is -0.493 e. The third-order valence-corrected chi connectivity index (χ3v) is 4.84. The molecule has 0 atom stereocenters. The third-order valence-electron chi connectivity index (χ3n) is 4.27. The number of unbranched alkanes of at least 4 members (excludes halogenated alkanes) is 3. The smallest absolute Gasteiger partial charge is 0.310 e. The van der Waals surface area contributed by atoms with Gasteiger partial charge in [-0.15, -0.1) is 0 Å². The summed E-state index contributed by atoms with van der Waals surface area (Å²) in [4.78, 5) is 23.5. The van der Waals surface area contributed by atoms with Crippen molar-refractivity contribution in [1.29, 1.82) is 0 Å². The average Bonchev–Trinajstić information content (AvgIpc) is 2.67. The molecule has 0 aliphatic rings. The summed E-state index contributed by atoms with van der Waals surface area (Å²) in [5.41, 5.74) is 2.03. The molecule has 1 aromatic carbocycles. The molecule has 5 nitrogen and oxygen atoms in total. The van der Waals surface area contributed by atoms with Crippen LogP contribution in [-0.4, -0.2) is 37.1 Å². The molecule has 0 amide bonds. The number of alkyl halides is 1. The second-order valence-corrected chi connectivity index (χ2v) is 7.28. The second-order valence-electron chi connectivity index (χ2n) is 6.49. The van der Waals surface area contributed by atoms with E-state index < -0.39 is 0 Å². The number of rotatable bonds is 15. The number of benzene rings is 1. The van der Waals surface area contributed by atoms with Crippen molar-refractivity contribution >= 4 is 27.9 Å². The van der Waals surface area contributed by atoms with Gasteiger partial charge in [0.05, 0.1) is 26.2 Å². The number of aryl methyl sites for hydroxylation is 1. The van der Waals surface area contributed by atoms with Crippen LogP contribution in [0.1, 0.15) is 63.5 Å². The Morgan fingerprint density at radius 1 is 0.929 bits per heavy atom. The number of ether oxygens (including phenoxy) is 3. The minimum absolute atomic E-state index is 0.207. The van der Waals surface area contributed by atoms with Gasteiger partial charge in [-0.2, -0.15) is 0 Å². The van der Waals surface area contributed by atoms with Crippen LogP contribution in [0.15, 0.2) is 18.2 Å². The van der Waals surface area contributed by atoms with Gasteiger partial charge in [-0.05, 0) is 51.2 Å². The lowest BCUT2D eigenvalue weighted by atomic mass is 9.98. The number of esters is 2. The Bertz CT molecular complexity index is 588. The molecule has 0 aliphatic heterocycles. The van der Waals surface area contributed by atoms with E-state index in [2.05, 4.69) is 22.0 Å². The fraction of sp³-hybridized carbons (Fsp3) is 0.636. The second kappa shape index (κ2) is 15.4. The highest BCUT2D eigenvalue weighted by atomic mass is 79.9. The zero-order valence-corrected chi connectivity index (χ0v) is 18.7. The molecular formula is C22H33BrO5. The Kier molecular flexibility index (Phi) is 13.4. The van der Waals surface area contributed by atoms with Gasteiger partial charge in [-0.25, -0.2) is 0 Å². The van der Waals surface area contributed by atoms with E-state index >= 15 is 0 Å². The van der Waals surface area contributed by atoms with Crippen LogP contribution in [-0.2, 0) is 31.9 Å². The summed E-state index contributed by atoms with van der Waals surface area (Å²) in [5, 5.41) is 1.04. The molecule has 0 radical (unpaired) electrons. The van der Waals surface area contributed by atoms with Crippen LogP contribution in [0.3, 0.4) is 0 Å². The van der Waals surface area contributed by atoms with Crippen molar-refractivity contribution in [2.75, 3.05) is 25.2 Å². The maximum Gasteiger partial charge on any atom is 0.310 e. The van der Waals surface area contributed by atoms with Crippen molar-refractivity contribution in [3.05, 3.63) is 29.3 Å². The molecule has 0 aliphatic carbocycles. The molecular weight excluding hydrogens is 424 g/mol. The number of carbonyl (C=O) groups is 2. The van der Waals surface area contributed by atoms with E-state index in [4.69, 9.17) is 14.2 Å². The van der Waals surface area contributed by atoms with Gasteiger partial charge in [-0.1, -0.05) is 40.9 Å². The molecule has 158 valence electrons. The van der Waals surface area contributed by atoms with E-state index in [1.807, 2.05) is 12.1 Å². The maximum atomic E-state index is 12.1. The molecule has 0 fully saturated rings. The Hall–Kier alpha value is -1.56. The summed E-state index contributed by atoms with van der Waals surface area (Å²) in [5.74, 6) is 0.246. The van der Waals surface area contributed by atoms with Gasteiger partial charge in [0.2, 0.25) is 0 Å². The van der Waals surface area contributed by atoms with E-state index in [0.717, 1.165) is 35.7 Å². The summed E-state index contributed by atoms with van der Waals surface area (Å²) in [6.07, 6.45) is 6.64. The van der Waals surface area contributed by atoms with Crippen molar-refractivity contribution in [2.24, 2.45) is 0 Å². The van der Waals surface area contributed by atoms with E-state index in [0.29, 0.717) is 38.4 Å². The first-order valence-corrected chi connectivity index (χ1v) is 11.3. The SMILES string of the molecule is CCOC(=O)CCCOc1cccc(CCCCCCBr)c1CC(=O)OCC. The van der Waals surface area contributed by atoms with Gasteiger partial charge in [0.15, 0.2) is 0 Å². The summed E-state index contributed by atoms with van der Waals surface area (Å²) < 4.78 is 16.0. The summed E-state index contributed by atoms with van der Waals surface area (Å²) in [6, 6.07) is 5.90. The molecule has 6 heteroatoms. The molecule has 1 rings (SSSR count). The van der Waals surface area contributed by atoms with Crippen LogP contribution in [0.2, 0.25) is 0 Å². The molecule has 0 saturated carbocycles. The fourth-order valence-electron chi connectivity index (χ4n) is 2.93. The first kappa shape index (κ1) is 24.5. The van der Waals surface area contributed by atoms with Gasteiger partial charge in [-0.3, -0.25) is 9.59 Å². The molecule has 0 unspecified atom stereocenters. The summed E-state index contributed by atoms with van der Waals surface area (Å²) in [7, 11) is 0. The van der Waals surface area contributed by atoms with Crippen molar-refractivity contribution in [1.82, 2.24) is 0 Å². The van der Waals surface area contributed by atoms with Crippen molar-refractivity contribution < 1.29 is 23.8 Å². The Morgan fingerprint density at radius 2 is 1.64 bits per heavy atom. The third kappa shape index (κ3) is 10.1. The zero-order chi connectivity index (χ0) is 20.6. The summed E-state index contributed by atoms with van der Waals surface area (Å²) >= 11 is 3.46. The standard InChI is InChI=1S/C22H33BrO5/c1-3-26-21(24)14-10-16-28-20-13-9-12-18(11-7-5-6-8-15-23)19(20)17-22(25)27-4-2/h9,12-13H,3-8,10-11,14-17H2,1-2H3. The lowest BCUT2D eigenvalue weighted by Crippen LogP contribution is -2.12. The van der Waals surface area contributed by atoms with Gasteiger partial charge < -0.3 is 14.2 Å². The number of hydrogen-bond donors (Lipinski definition) is 0. The highest BCUT2D eigenvalue weighted by molar-refractivity contribution is 9.09. The zero-order valence-electron chi connectivity index (χ0n) is 17.1. The van der Waals surface area contributed by atoms with Crippen molar-refractivity contribution in [2.45, 2.75) is 65.2 Å². The van der Waals surface area contributed by atoms with Crippen LogP contribution in [0.5, 0.6) is 5.75 Å². The molecule has 0 bridgehead atoms. The Labute approximate surface area is 177 Å². The molecule has 0 N–H and O–H groups in total. The van der Waals surface area contributed by atoms with Gasteiger partial charge in [0.1, 0.15) is 5.75 Å².